The van der Waals surface area contributed by atoms with E-state index in [-0.39, 0.29) is 6.61 Å². The van der Waals surface area contributed by atoms with Gasteiger partial charge >= 0.3 is 0 Å². The van der Waals surface area contributed by atoms with Crippen LogP contribution in [0.25, 0.3) is 0 Å². The molecule has 2 rings (SSSR count). The van der Waals surface area contributed by atoms with Crippen LogP contribution >= 0.6 is 15.9 Å². The van der Waals surface area contributed by atoms with E-state index in [1.165, 1.54) is 25.7 Å². The molecule has 1 aliphatic carbocycles. The lowest BCUT2D eigenvalue weighted by Gasteiger charge is -2.12. The maximum atomic E-state index is 9.01. The van der Waals surface area contributed by atoms with E-state index in [1.54, 1.807) is 0 Å². The summed E-state index contributed by atoms with van der Waals surface area (Å²) in [6, 6.07) is 5.73. The van der Waals surface area contributed by atoms with E-state index in [4.69, 9.17) is 9.84 Å². The lowest BCUT2D eigenvalue weighted by molar-refractivity contribution is 0.274. The Morgan fingerprint density at radius 1 is 1.29 bits per heavy atom. The minimum absolute atomic E-state index is 0.0704. The number of rotatable bonds is 5. The minimum atomic E-state index is 0.0704. The largest absolute Gasteiger partial charge is 0.492 e. The van der Waals surface area contributed by atoms with Gasteiger partial charge in [-0.25, -0.2) is 0 Å². The third-order valence-electron chi connectivity index (χ3n) is 3.44. The van der Waals surface area contributed by atoms with E-state index < -0.39 is 0 Å². The molecule has 1 aromatic rings. The second-order valence-corrected chi connectivity index (χ2v) is 5.56. The third-order valence-corrected chi connectivity index (χ3v) is 4.06. The van der Waals surface area contributed by atoms with E-state index in [2.05, 4.69) is 15.9 Å². The van der Waals surface area contributed by atoms with Crippen LogP contribution in [0.15, 0.2) is 22.7 Å². The van der Waals surface area contributed by atoms with Gasteiger partial charge in [0, 0.05) is 0 Å². The van der Waals surface area contributed by atoms with Crippen LogP contribution in [-0.4, -0.2) is 11.7 Å². The molecule has 0 saturated heterocycles. The van der Waals surface area contributed by atoms with Gasteiger partial charge in [-0.1, -0.05) is 31.7 Å². The van der Waals surface area contributed by atoms with E-state index in [0.717, 1.165) is 34.7 Å². The zero-order valence-electron chi connectivity index (χ0n) is 9.99. The number of aliphatic hydroxyl groups excluding tert-OH is 1. The van der Waals surface area contributed by atoms with Gasteiger partial charge in [0.1, 0.15) is 5.75 Å². The normalized spacial score (nSPS) is 16.4. The Morgan fingerprint density at radius 2 is 2.06 bits per heavy atom. The van der Waals surface area contributed by atoms with Crippen LogP contribution in [0, 0.1) is 5.92 Å². The molecule has 0 aliphatic heterocycles. The molecule has 0 unspecified atom stereocenters. The molecule has 0 radical (unpaired) electrons. The second kappa shape index (κ2) is 6.41. The number of aliphatic hydroxyl groups is 1. The van der Waals surface area contributed by atoms with Crippen molar-refractivity contribution in [1.82, 2.24) is 0 Å². The fourth-order valence-corrected chi connectivity index (χ4v) is 2.94. The molecule has 0 heterocycles. The summed E-state index contributed by atoms with van der Waals surface area (Å²) in [5.74, 6) is 1.74. The van der Waals surface area contributed by atoms with Crippen molar-refractivity contribution < 1.29 is 9.84 Å². The Hall–Kier alpha value is -0.540. The molecule has 2 nitrogen and oxygen atoms in total. The third kappa shape index (κ3) is 3.71. The van der Waals surface area contributed by atoms with E-state index >= 15 is 0 Å². The Morgan fingerprint density at radius 3 is 2.71 bits per heavy atom. The maximum Gasteiger partial charge on any atom is 0.133 e. The molecular formula is C14H19BrO2. The van der Waals surface area contributed by atoms with Crippen molar-refractivity contribution in [3.05, 3.63) is 28.2 Å². The van der Waals surface area contributed by atoms with Crippen LogP contribution in [0.3, 0.4) is 0 Å². The molecule has 1 aliphatic rings. The van der Waals surface area contributed by atoms with Gasteiger partial charge in [-0.05, 0) is 46.0 Å². The summed E-state index contributed by atoms with van der Waals surface area (Å²) < 4.78 is 6.70. The predicted molar refractivity (Wildman–Crippen MR) is 72.1 cm³/mol. The van der Waals surface area contributed by atoms with E-state index in [0.29, 0.717) is 0 Å². The van der Waals surface area contributed by atoms with Crippen molar-refractivity contribution >= 4 is 15.9 Å². The van der Waals surface area contributed by atoms with Crippen LogP contribution < -0.4 is 4.74 Å². The van der Waals surface area contributed by atoms with Crippen molar-refractivity contribution in [3.63, 3.8) is 0 Å². The first-order valence-electron chi connectivity index (χ1n) is 6.31. The molecule has 0 aromatic heterocycles. The summed E-state index contributed by atoms with van der Waals surface area (Å²) in [7, 11) is 0. The lowest BCUT2D eigenvalue weighted by atomic mass is 10.1. The van der Waals surface area contributed by atoms with Crippen molar-refractivity contribution in [1.29, 1.82) is 0 Å². The predicted octanol–water partition coefficient (Wildman–Crippen LogP) is 3.90. The van der Waals surface area contributed by atoms with Gasteiger partial charge in [-0.3, -0.25) is 0 Å². The fraction of sp³-hybridized carbons (Fsp3) is 0.571. The molecule has 1 fully saturated rings. The second-order valence-electron chi connectivity index (χ2n) is 4.71. The Bertz CT molecular complexity index is 359. The van der Waals surface area contributed by atoms with E-state index in [1.807, 2.05) is 18.2 Å². The molecule has 1 saturated carbocycles. The molecule has 1 N–H and O–H groups in total. The monoisotopic (exact) mass is 298 g/mol. The van der Waals surface area contributed by atoms with Gasteiger partial charge < -0.3 is 9.84 Å². The van der Waals surface area contributed by atoms with Gasteiger partial charge in [0.2, 0.25) is 0 Å². The van der Waals surface area contributed by atoms with Crippen LogP contribution in [-0.2, 0) is 6.61 Å². The van der Waals surface area contributed by atoms with Gasteiger partial charge in [0.25, 0.3) is 0 Å². The molecule has 0 atom stereocenters. The molecule has 0 bridgehead atoms. The number of benzene rings is 1. The highest BCUT2D eigenvalue weighted by atomic mass is 79.9. The number of hydrogen-bond donors (Lipinski definition) is 1. The summed E-state index contributed by atoms with van der Waals surface area (Å²) >= 11 is 3.47. The molecular weight excluding hydrogens is 280 g/mol. The summed E-state index contributed by atoms with van der Waals surface area (Å²) in [6.45, 7) is 0.864. The lowest BCUT2D eigenvalue weighted by Crippen LogP contribution is -2.04. The minimum Gasteiger partial charge on any atom is -0.492 e. The number of hydrogen-bond acceptors (Lipinski definition) is 2. The van der Waals surface area contributed by atoms with Gasteiger partial charge in [-0.15, -0.1) is 0 Å². The standard InChI is InChI=1S/C14H19BrO2/c15-13-9-12(10-16)5-6-14(13)17-8-7-11-3-1-2-4-11/h5-6,9,11,16H,1-4,7-8,10H2. The quantitative estimate of drug-likeness (QED) is 0.893. The number of ether oxygens (including phenoxy) is 1. The van der Waals surface area contributed by atoms with Gasteiger partial charge in [0.05, 0.1) is 17.7 Å². The Kier molecular flexibility index (Phi) is 4.86. The highest BCUT2D eigenvalue weighted by Gasteiger charge is 2.14. The smallest absolute Gasteiger partial charge is 0.133 e. The first-order chi connectivity index (χ1) is 8.29. The van der Waals surface area contributed by atoms with Crippen molar-refractivity contribution in [3.8, 4) is 5.75 Å². The maximum absolute atomic E-state index is 9.01. The summed E-state index contributed by atoms with van der Waals surface area (Å²) in [4.78, 5) is 0. The summed E-state index contributed by atoms with van der Waals surface area (Å²) in [6.07, 6.45) is 6.68. The zero-order valence-corrected chi connectivity index (χ0v) is 11.6. The molecule has 0 amide bonds. The fourth-order valence-electron chi connectivity index (χ4n) is 2.39. The van der Waals surface area contributed by atoms with Crippen LogP contribution in [0.2, 0.25) is 0 Å². The highest BCUT2D eigenvalue weighted by molar-refractivity contribution is 9.10. The number of halogens is 1. The first kappa shape index (κ1) is 12.9. The van der Waals surface area contributed by atoms with Crippen LogP contribution in [0.5, 0.6) is 5.75 Å². The average Bonchev–Trinajstić information content (AvgIpc) is 2.84. The molecule has 3 heteroatoms. The van der Waals surface area contributed by atoms with Gasteiger partial charge in [0.15, 0.2) is 0 Å². The molecule has 1 aromatic carbocycles. The molecule has 94 valence electrons. The average molecular weight is 299 g/mol. The Balaban J connectivity index is 1.81. The summed E-state index contributed by atoms with van der Waals surface area (Å²) in [5.41, 5.74) is 0.903. The zero-order chi connectivity index (χ0) is 12.1. The van der Waals surface area contributed by atoms with Crippen molar-refractivity contribution in [2.75, 3.05) is 6.61 Å². The van der Waals surface area contributed by atoms with Crippen molar-refractivity contribution in [2.45, 2.75) is 38.7 Å². The first-order valence-corrected chi connectivity index (χ1v) is 7.11. The summed E-state index contributed by atoms with van der Waals surface area (Å²) in [5, 5.41) is 9.01. The molecule has 17 heavy (non-hydrogen) atoms. The van der Waals surface area contributed by atoms with Gasteiger partial charge in [-0.2, -0.15) is 0 Å². The topological polar surface area (TPSA) is 29.5 Å². The van der Waals surface area contributed by atoms with Crippen LogP contribution in [0.4, 0.5) is 0 Å². The Labute approximate surface area is 111 Å². The molecule has 0 spiro atoms. The van der Waals surface area contributed by atoms with E-state index in [9.17, 15) is 0 Å². The highest BCUT2D eigenvalue weighted by Crippen LogP contribution is 2.29. The van der Waals surface area contributed by atoms with Crippen LogP contribution in [0.1, 0.15) is 37.7 Å². The SMILES string of the molecule is OCc1ccc(OCCC2CCCC2)c(Br)c1. The van der Waals surface area contributed by atoms with Crippen molar-refractivity contribution in [2.24, 2.45) is 5.92 Å².